The maximum Gasteiger partial charge on any atom is 0.192 e. The number of halogens is 1. The van der Waals surface area contributed by atoms with Gasteiger partial charge in [-0.1, -0.05) is 5.92 Å². The van der Waals surface area contributed by atoms with Crippen molar-refractivity contribution < 1.29 is 4.39 Å². The molecule has 1 aromatic heterocycles. The Labute approximate surface area is 165 Å². The molecule has 1 saturated heterocycles. The summed E-state index contributed by atoms with van der Waals surface area (Å²) in [6.07, 6.45) is 7.10. The van der Waals surface area contributed by atoms with Gasteiger partial charge in [0.05, 0.1) is 6.54 Å². The Kier molecular flexibility index (Phi) is 6.68. The fourth-order valence-electron chi connectivity index (χ4n) is 3.13. The molecule has 2 heterocycles. The maximum absolute atomic E-state index is 13.1. The number of terminal acetylenes is 1. The van der Waals surface area contributed by atoms with Gasteiger partial charge < -0.3 is 20.4 Å². The van der Waals surface area contributed by atoms with E-state index in [4.69, 9.17) is 6.42 Å². The molecule has 0 bridgehead atoms. The fourth-order valence-corrected chi connectivity index (χ4v) is 3.13. The Hall–Kier alpha value is -3.27. The quantitative estimate of drug-likeness (QED) is 0.471. The summed E-state index contributed by atoms with van der Waals surface area (Å²) in [7, 11) is 1.71. The van der Waals surface area contributed by atoms with Gasteiger partial charge in [0.1, 0.15) is 11.6 Å². The van der Waals surface area contributed by atoms with Crippen molar-refractivity contribution in [1.82, 2.24) is 15.6 Å². The van der Waals surface area contributed by atoms with Crippen LogP contribution in [0.2, 0.25) is 0 Å². The Morgan fingerprint density at radius 2 is 1.86 bits per heavy atom. The summed E-state index contributed by atoms with van der Waals surface area (Å²) in [5, 5.41) is 6.28. The van der Waals surface area contributed by atoms with Crippen LogP contribution in [-0.2, 0) is 6.54 Å². The Morgan fingerprint density at radius 3 is 2.54 bits per heavy atom. The molecule has 6 nitrogen and oxygen atoms in total. The molecule has 0 radical (unpaired) electrons. The van der Waals surface area contributed by atoms with Crippen LogP contribution in [0, 0.1) is 18.2 Å². The van der Waals surface area contributed by atoms with Crippen LogP contribution in [0.25, 0.3) is 0 Å². The predicted octanol–water partition coefficient (Wildman–Crippen LogP) is 1.85. The van der Waals surface area contributed by atoms with Crippen LogP contribution in [0.15, 0.2) is 47.6 Å². The molecular weight excluding hydrogens is 355 g/mol. The molecule has 2 aromatic rings. The number of aromatic nitrogens is 1. The fraction of sp³-hybridized carbons (Fsp3) is 0.333. The molecule has 3 rings (SSSR count). The van der Waals surface area contributed by atoms with Crippen molar-refractivity contribution in [2.24, 2.45) is 4.99 Å². The number of piperazine rings is 1. The molecule has 0 atom stereocenters. The molecule has 0 saturated carbocycles. The first kappa shape index (κ1) is 19.5. The van der Waals surface area contributed by atoms with Crippen molar-refractivity contribution in [3.05, 3.63) is 54.0 Å². The van der Waals surface area contributed by atoms with Gasteiger partial charge in [-0.2, -0.15) is 0 Å². The highest BCUT2D eigenvalue weighted by molar-refractivity contribution is 5.79. The lowest BCUT2D eigenvalue weighted by Crippen LogP contribution is -2.46. The number of nitrogens with one attached hydrogen (secondary N) is 2. The average Bonchev–Trinajstić information content (AvgIpc) is 2.75. The highest BCUT2D eigenvalue weighted by Crippen LogP contribution is 2.20. The second-order valence-electron chi connectivity index (χ2n) is 6.46. The highest BCUT2D eigenvalue weighted by Gasteiger charge is 2.18. The lowest BCUT2D eigenvalue weighted by molar-refractivity contribution is 0.624. The van der Waals surface area contributed by atoms with Gasteiger partial charge in [-0.25, -0.2) is 9.37 Å². The number of hydrogen-bond acceptors (Lipinski definition) is 4. The van der Waals surface area contributed by atoms with Crippen molar-refractivity contribution in [1.29, 1.82) is 0 Å². The molecule has 0 aliphatic carbocycles. The van der Waals surface area contributed by atoms with Gasteiger partial charge in [-0.05, 0) is 42.0 Å². The van der Waals surface area contributed by atoms with E-state index in [2.05, 4.69) is 42.4 Å². The summed E-state index contributed by atoms with van der Waals surface area (Å²) in [6.45, 7) is 4.55. The largest absolute Gasteiger partial charge is 0.368 e. The van der Waals surface area contributed by atoms with Crippen molar-refractivity contribution >= 4 is 17.5 Å². The zero-order valence-corrected chi connectivity index (χ0v) is 16.0. The monoisotopic (exact) mass is 380 g/mol. The SMILES string of the molecule is C#CCNC(=NC)NCc1ccnc(N2CCN(c3ccc(F)cc3)CC2)c1. The van der Waals surface area contributed by atoms with E-state index in [9.17, 15) is 4.39 Å². The molecule has 0 amide bonds. The van der Waals surface area contributed by atoms with E-state index in [0.29, 0.717) is 19.0 Å². The van der Waals surface area contributed by atoms with Gasteiger partial charge in [0, 0.05) is 51.7 Å². The van der Waals surface area contributed by atoms with Crippen molar-refractivity contribution in [2.75, 3.05) is 49.6 Å². The summed E-state index contributed by atoms with van der Waals surface area (Å²) in [5.74, 6) is 3.96. The molecule has 1 fully saturated rings. The predicted molar refractivity (Wildman–Crippen MR) is 112 cm³/mol. The minimum Gasteiger partial charge on any atom is -0.368 e. The first-order valence-corrected chi connectivity index (χ1v) is 9.28. The zero-order valence-electron chi connectivity index (χ0n) is 16.0. The van der Waals surface area contributed by atoms with Crippen LogP contribution < -0.4 is 20.4 Å². The van der Waals surface area contributed by atoms with Crippen molar-refractivity contribution in [2.45, 2.75) is 6.54 Å². The summed E-state index contributed by atoms with van der Waals surface area (Å²) in [6, 6.07) is 10.8. The van der Waals surface area contributed by atoms with Crippen LogP contribution in [0.1, 0.15) is 5.56 Å². The molecule has 28 heavy (non-hydrogen) atoms. The van der Waals surface area contributed by atoms with Crippen molar-refractivity contribution in [3.63, 3.8) is 0 Å². The minimum atomic E-state index is -0.206. The van der Waals surface area contributed by atoms with Crippen LogP contribution >= 0.6 is 0 Å². The minimum absolute atomic E-state index is 0.206. The second-order valence-corrected chi connectivity index (χ2v) is 6.46. The number of anilines is 2. The van der Waals surface area contributed by atoms with E-state index in [-0.39, 0.29) is 5.82 Å². The Balaban J connectivity index is 1.56. The van der Waals surface area contributed by atoms with Crippen LogP contribution in [0.5, 0.6) is 0 Å². The molecular formula is C21H25FN6. The Bertz CT molecular complexity index is 835. The number of nitrogens with zero attached hydrogens (tertiary/aromatic N) is 4. The summed E-state index contributed by atoms with van der Waals surface area (Å²) in [4.78, 5) is 13.2. The first-order valence-electron chi connectivity index (χ1n) is 9.28. The molecule has 1 aliphatic heterocycles. The van der Waals surface area contributed by atoms with Gasteiger partial charge >= 0.3 is 0 Å². The number of aliphatic imine (C=N–C) groups is 1. The first-order chi connectivity index (χ1) is 13.7. The topological polar surface area (TPSA) is 55.8 Å². The van der Waals surface area contributed by atoms with Gasteiger partial charge in [-0.15, -0.1) is 6.42 Å². The number of rotatable bonds is 5. The van der Waals surface area contributed by atoms with E-state index < -0.39 is 0 Å². The second kappa shape index (κ2) is 9.60. The van der Waals surface area contributed by atoms with E-state index in [0.717, 1.165) is 43.2 Å². The molecule has 7 heteroatoms. The smallest absolute Gasteiger partial charge is 0.192 e. The molecule has 1 aliphatic rings. The number of hydrogen-bond donors (Lipinski definition) is 2. The third-order valence-electron chi connectivity index (χ3n) is 4.65. The lowest BCUT2D eigenvalue weighted by atomic mass is 10.2. The summed E-state index contributed by atoms with van der Waals surface area (Å²) < 4.78 is 13.1. The number of guanidine groups is 1. The van der Waals surface area contributed by atoms with Gasteiger partial charge in [-0.3, -0.25) is 4.99 Å². The lowest BCUT2D eigenvalue weighted by Gasteiger charge is -2.36. The van der Waals surface area contributed by atoms with E-state index in [1.807, 2.05) is 24.4 Å². The molecule has 2 N–H and O–H groups in total. The van der Waals surface area contributed by atoms with Crippen molar-refractivity contribution in [3.8, 4) is 12.3 Å². The summed E-state index contributed by atoms with van der Waals surface area (Å²) in [5.41, 5.74) is 2.17. The third-order valence-corrected chi connectivity index (χ3v) is 4.65. The van der Waals surface area contributed by atoms with Gasteiger partial charge in [0.2, 0.25) is 0 Å². The van der Waals surface area contributed by atoms with Crippen LogP contribution in [0.4, 0.5) is 15.9 Å². The highest BCUT2D eigenvalue weighted by atomic mass is 19.1. The van der Waals surface area contributed by atoms with Crippen LogP contribution in [0.3, 0.4) is 0 Å². The number of pyridine rings is 1. The van der Waals surface area contributed by atoms with Gasteiger partial charge in [0.25, 0.3) is 0 Å². The third kappa shape index (κ3) is 5.13. The molecule has 0 unspecified atom stereocenters. The summed E-state index contributed by atoms with van der Waals surface area (Å²) >= 11 is 0. The van der Waals surface area contributed by atoms with Gasteiger partial charge in [0.15, 0.2) is 5.96 Å². The molecule has 146 valence electrons. The van der Waals surface area contributed by atoms with E-state index in [1.165, 1.54) is 12.1 Å². The van der Waals surface area contributed by atoms with E-state index >= 15 is 0 Å². The average molecular weight is 380 g/mol. The molecule has 0 spiro atoms. The normalized spacial score (nSPS) is 14.5. The standard InChI is InChI=1S/C21H25FN6/c1-3-9-25-21(23-2)26-16-17-8-10-24-20(15-17)28-13-11-27(12-14-28)19-6-4-18(22)5-7-19/h1,4-8,10,15H,9,11-14,16H2,2H3,(H2,23,25,26). The van der Waals surface area contributed by atoms with Crippen LogP contribution in [-0.4, -0.2) is 50.7 Å². The number of benzene rings is 1. The molecule has 1 aromatic carbocycles. The Morgan fingerprint density at radius 1 is 1.14 bits per heavy atom. The van der Waals surface area contributed by atoms with E-state index in [1.54, 1.807) is 7.05 Å². The maximum atomic E-state index is 13.1. The zero-order chi connectivity index (χ0) is 19.8.